The zero-order valence-corrected chi connectivity index (χ0v) is 10.6. The number of rotatable bonds is 6. The average Bonchev–Trinajstić information content (AvgIpc) is 2.39. The lowest BCUT2D eigenvalue weighted by molar-refractivity contribution is -0.154. The fraction of sp³-hybridized carbons (Fsp3) is 0.462. The number of carbonyl (C=O) groups excluding carboxylic acids is 1. The molecule has 0 unspecified atom stereocenters. The van der Waals surface area contributed by atoms with Crippen molar-refractivity contribution in [2.75, 3.05) is 13.7 Å². The lowest BCUT2D eigenvalue weighted by atomic mass is 10.0. The van der Waals surface area contributed by atoms with Crippen LogP contribution in [0.4, 0.5) is 0 Å². The highest BCUT2D eigenvalue weighted by Crippen LogP contribution is 2.13. The van der Waals surface area contributed by atoms with E-state index in [1.54, 1.807) is 26.2 Å². The summed E-state index contributed by atoms with van der Waals surface area (Å²) in [6, 6.07) is 6.61. The highest BCUT2D eigenvalue weighted by molar-refractivity contribution is 5.75. The summed E-state index contributed by atoms with van der Waals surface area (Å²) < 4.78 is 9.75. The van der Waals surface area contributed by atoms with Crippen LogP contribution in [0.5, 0.6) is 5.75 Å². The third-order valence-corrected chi connectivity index (χ3v) is 2.56. The normalized spacial score (nSPS) is 13.8. The van der Waals surface area contributed by atoms with E-state index in [1.807, 2.05) is 12.1 Å². The molecular formula is C13H19NO4. The van der Waals surface area contributed by atoms with Crippen molar-refractivity contribution >= 4 is 5.97 Å². The Kier molecular flexibility index (Phi) is 5.61. The zero-order valence-electron chi connectivity index (χ0n) is 10.6. The van der Waals surface area contributed by atoms with E-state index in [1.165, 1.54) is 0 Å². The smallest absolute Gasteiger partial charge is 0.336 e. The molecule has 0 spiro atoms. The summed E-state index contributed by atoms with van der Waals surface area (Å²) in [5, 5.41) is 9.66. The fourth-order valence-electron chi connectivity index (χ4n) is 1.55. The van der Waals surface area contributed by atoms with Crippen LogP contribution in [0.15, 0.2) is 24.3 Å². The second-order valence-corrected chi connectivity index (χ2v) is 3.91. The lowest BCUT2D eigenvalue weighted by Gasteiger charge is -2.17. The van der Waals surface area contributed by atoms with Gasteiger partial charge in [-0.3, -0.25) is 0 Å². The molecule has 0 amide bonds. The standard InChI is InChI=1S/C13H19NO4/c1-3-18-13(16)12(15)11(14)8-9-4-6-10(17-2)7-5-9/h4-7,11-12,15H,3,8,14H2,1-2H3/t11-,12-/m0/s1. The number of esters is 1. The molecular weight excluding hydrogens is 234 g/mol. The molecule has 18 heavy (non-hydrogen) atoms. The second-order valence-electron chi connectivity index (χ2n) is 3.91. The molecule has 0 saturated carbocycles. The third-order valence-electron chi connectivity index (χ3n) is 2.56. The van der Waals surface area contributed by atoms with Crippen LogP contribution in [0, 0.1) is 0 Å². The molecule has 0 radical (unpaired) electrons. The molecule has 1 aromatic rings. The lowest BCUT2D eigenvalue weighted by Crippen LogP contribution is -2.42. The molecule has 0 aliphatic heterocycles. The van der Waals surface area contributed by atoms with Crippen LogP contribution >= 0.6 is 0 Å². The third kappa shape index (κ3) is 4.01. The SMILES string of the molecule is CCOC(=O)[C@@H](O)[C@@H](N)Cc1ccc(OC)cc1. The van der Waals surface area contributed by atoms with Gasteiger partial charge in [-0.1, -0.05) is 12.1 Å². The van der Waals surface area contributed by atoms with Gasteiger partial charge in [0.25, 0.3) is 0 Å². The maximum atomic E-state index is 11.3. The molecule has 0 aliphatic carbocycles. The molecule has 0 bridgehead atoms. The monoisotopic (exact) mass is 253 g/mol. The highest BCUT2D eigenvalue weighted by Gasteiger charge is 2.24. The minimum Gasteiger partial charge on any atom is -0.497 e. The van der Waals surface area contributed by atoms with E-state index >= 15 is 0 Å². The molecule has 5 nitrogen and oxygen atoms in total. The minimum atomic E-state index is -1.30. The van der Waals surface area contributed by atoms with Gasteiger partial charge < -0.3 is 20.3 Å². The van der Waals surface area contributed by atoms with E-state index in [4.69, 9.17) is 15.2 Å². The van der Waals surface area contributed by atoms with Crippen LogP contribution in [-0.4, -0.2) is 36.9 Å². The van der Waals surface area contributed by atoms with Crippen LogP contribution in [0.1, 0.15) is 12.5 Å². The topological polar surface area (TPSA) is 81.8 Å². The fourth-order valence-corrected chi connectivity index (χ4v) is 1.55. The number of aliphatic hydroxyl groups is 1. The van der Waals surface area contributed by atoms with E-state index in [2.05, 4.69) is 0 Å². The van der Waals surface area contributed by atoms with Gasteiger partial charge in [-0.05, 0) is 31.0 Å². The molecule has 3 N–H and O–H groups in total. The maximum Gasteiger partial charge on any atom is 0.336 e. The summed E-state index contributed by atoms with van der Waals surface area (Å²) in [4.78, 5) is 11.3. The predicted molar refractivity (Wildman–Crippen MR) is 67.3 cm³/mol. The second kappa shape index (κ2) is 6.98. The molecule has 0 heterocycles. The van der Waals surface area contributed by atoms with E-state index in [0.717, 1.165) is 11.3 Å². The van der Waals surface area contributed by atoms with Gasteiger partial charge in [-0.25, -0.2) is 4.79 Å². The Morgan fingerprint density at radius 1 is 1.39 bits per heavy atom. The van der Waals surface area contributed by atoms with Gasteiger partial charge in [-0.2, -0.15) is 0 Å². The first-order valence-corrected chi connectivity index (χ1v) is 5.81. The minimum absolute atomic E-state index is 0.227. The van der Waals surface area contributed by atoms with Crippen molar-refractivity contribution in [2.45, 2.75) is 25.5 Å². The zero-order chi connectivity index (χ0) is 13.5. The Morgan fingerprint density at radius 3 is 2.50 bits per heavy atom. The Bertz CT molecular complexity index is 377. The van der Waals surface area contributed by atoms with Crippen LogP contribution in [0.3, 0.4) is 0 Å². The van der Waals surface area contributed by atoms with Gasteiger partial charge in [0.05, 0.1) is 13.7 Å². The van der Waals surface area contributed by atoms with Crippen molar-refractivity contribution in [2.24, 2.45) is 5.73 Å². The predicted octanol–water partition coefficient (Wildman–Crippen LogP) is 0.489. The number of nitrogens with two attached hydrogens (primary N) is 1. The Labute approximate surface area is 107 Å². The average molecular weight is 253 g/mol. The molecule has 1 aromatic carbocycles. The molecule has 100 valence electrons. The summed E-state index contributed by atoms with van der Waals surface area (Å²) in [6.45, 7) is 1.91. The van der Waals surface area contributed by atoms with Crippen molar-refractivity contribution in [3.05, 3.63) is 29.8 Å². The molecule has 1 rings (SSSR count). The van der Waals surface area contributed by atoms with Crippen LogP contribution in [0.25, 0.3) is 0 Å². The van der Waals surface area contributed by atoms with E-state index in [9.17, 15) is 9.90 Å². The van der Waals surface area contributed by atoms with E-state index < -0.39 is 18.1 Å². The molecule has 0 saturated heterocycles. The number of benzene rings is 1. The van der Waals surface area contributed by atoms with Crippen molar-refractivity contribution in [1.29, 1.82) is 0 Å². The van der Waals surface area contributed by atoms with Crippen molar-refractivity contribution in [3.8, 4) is 5.75 Å². The maximum absolute atomic E-state index is 11.3. The molecule has 5 heteroatoms. The van der Waals surface area contributed by atoms with Crippen molar-refractivity contribution < 1.29 is 19.4 Å². The first-order chi connectivity index (χ1) is 8.58. The number of aliphatic hydroxyl groups excluding tert-OH is 1. The Morgan fingerprint density at radius 2 is 2.00 bits per heavy atom. The van der Waals surface area contributed by atoms with Gasteiger partial charge in [0.1, 0.15) is 5.75 Å². The summed E-state index contributed by atoms with van der Waals surface area (Å²) in [5.74, 6) is 0.0665. The number of carbonyl (C=O) groups is 1. The van der Waals surface area contributed by atoms with Gasteiger partial charge >= 0.3 is 5.97 Å². The van der Waals surface area contributed by atoms with Gasteiger partial charge in [0, 0.05) is 6.04 Å². The molecule has 0 aromatic heterocycles. The van der Waals surface area contributed by atoms with Crippen LogP contribution in [0.2, 0.25) is 0 Å². The molecule has 0 fully saturated rings. The first kappa shape index (κ1) is 14.5. The van der Waals surface area contributed by atoms with Gasteiger partial charge in [-0.15, -0.1) is 0 Å². The largest absolute Gasteiger partial charge is 0.497 e. The van der Waals surface area contributed by atoms with Crippen LogP contribution < -0.4 is 10.5 Å². The number of hydrogen-bond acceptors (Lipinski definition) is 5. The summed E-state index contributed by atoms with van der Waals surface area (Å²) in [6.07, 6.45) is -0.906. The van der Waals surface area contributed by atoms with E-state index in [0.29, 0.717) is 6.42 Å². The van der Waals surface area contributed by atoms with Crippen molar-refractivity contribution in [3.63, 3.8) is 0 Å². The number of ether oxygens (including phenoxy) is 2. The Balaban J connectivity index is 2.57. The van der Waals surface area contributed by atoms with Gasteiger partial charge in [0.2, 0.25) is 0 Å². The summed E-state index contributed by atoms with van der Waals surface area (Å²) in [7, 11) is 1.59. The van der Waals surface area contributed by atoms with Crippen molar-refractivity contribution in [1.82, 2.24) is 0 Å². The number of methoxy groups -OCH3 is 1. The first-order valence-electron chi connectivity index (χ1n) is 5.81. The number of hydrogen-bond donors (Lipinski definition) is 2. The van der Waals surface area contributed by atoms with E-state index in [-0.39, 0.29) is 6.61 Å². The summed E-state index contributed by atoms with van der Waals surface area (Å²) >= 11 is 0. The highest BCUT2D eigenvalue weighted by atomic mass is 16.5. The molecule has 2 atom stereocenters. The summed E-state index contributed by atoms with van der Waals surface area (Å²) in [5.41, 5.74) is 6.69. The molecule has 0 aliphatic rings. The Hall–Kier alpha value is -1.59. The van der Waals surface area contributed by atoms with Gasteiger partial charge in [0.15, 0.2) is 6.10 Å². The van der Waals surface area contributed by atoms with Crippen LogP contribution in [-0.2, 0) is 16.0 Å². The quantitative estimate of drug-likeness (QED) is 0.721.